The largest absolute Gasteiger partial charge is 0.452 e. The van der Waals surface area contributed by atoms with E-state index in [0.29, 0.717) is 10.9 Å². The van der Waals surface area contributed by atoms with Crippen LogP contribution in [0.4, 0.5) is 5.69 Å². The van der Waals surface area contributed by atoms with E-state index < -0.39 is 5.97 Å². The van der Waals surface area contributed by atoms with Crippen molar-refractivity contribution < 1.29 is 14.3 Å². The molecular weight excluding hydrogens is 280 g/mol. The molecule has 0 aromatic heterocycles. The molecule has 1 fully saturated rings. The quantitative estimate of drug-likeness (QED) is 0.643. The highest BCUT2D eigenvalue weighted by atomic mass is 35.5. The first-order valence-corrected chi connectivity index (χ1v) is 6.86. The summed E-state index contributed by atoms with van der Waals surface area (Å²) >= 11 is 5.75. The van der Waals surface area contributed by atoms with Gasteiger partial charge in [0.05, 0.1) is 5.56 Å². The maximum atomic E-state index is 11.8. The number of ether oxygens (including phenoxy) is 1. The Balaban J connectivity index is 1.83. The fourth-order valence-corrected chi connectivity index (χ4v) is 2.12. The Hall–Kier alpha value is -1.75. The molecular formula is C14H17ClN2O3. The van der Waals surface area contributed by atoms with Crippen molar-refractivity contribution >= 4 is 29.2 Å². The van der Waals surface area contributed by atoms with Crippen LogP contribution in [-0.4, -0.2) is 24.5 Å². The normalized spacial score (nSPS) is 15.5. The molecule has 0 spiro atoms. The molecule has 0 heterocycles. The van der Waals surface area contributed by atoms with Crippen LogP contribution in [0.3, 0.4) is 0 Å². The summed E-state index contributed by atoms with van der Waals surface area (Å²) in [4.78, 5) is 23.4. The second-order valence-corrected chi connectivity index (χ2v) is 5.44. The summed E-state index contributed by atoms with van der Waals surface area (Å²) in [6, 6.07) is 4.61. The molecule has 1 atom stereocenters. The lowest BCUT2D eigenvalue weighted by Gasteiger charge is -2.13. The average Bonchev–Trinajstić information content (AvgIpc) is 3.20. The number of esters is 1. The SMILES string of the molecule is C[C@H](NC(=O)COC(=O)c1ccc(Cl)cc1N)C1CC1. The molecule has 0 bridgehead atoms. The number of nitrogens with one attached hydrogen (secondary N) is 1. The van der Waals surface area contributed by atoms with E-state index in [1.54, 1.807) is 6.07 Å². The van der Waals surface area contributed by atoms with Gasteiger partial charge in [-0.1, -0.05) is 11.6 Å². The summed E-state index contributed by atoms with van der Waals surface area (Å²) in [7, 11) is 0. The number of halogens is 1. The lowest BCUT2D eigenvalue weighted by Crippen LogP contribution is -2.37. The summed E-state index contributed by atoms with van der Waals surface area (Å²) in [5.74, 6) is -0.375. The molecule has 0 aliphatic heterocycles. The number of rotatable bonds is 5. The van der Waals surface area contributed by atoms with Gasteiger partial charge in [-0.2, -0.15) is 0 Å². The zero-order valence-electron chi connectivity index (χ0n) is 11.2. The maximum absolute atomic E-state index is 11.8. The topological polar surface area (TPSA) is 81.4 Å². The number of nitrogens with two attached hydrogens (primary N) is 1. The first-order chi connectivity index (χ1) is 9.47. The Bertz CT molecular complexity index is 529. The van der Waals surface area contributed by atoms with Gasteiger partial charge in [-0.05, 0) is 43.9 Å². The van der Waals surface area contributed by atoms with Gasteiger partial charge in [0, 0.05) is 16.8 Å². The molecule has 2 rings (SSSR count). The number of carbonyl (C=O) groups is 2. The predicted molar refractivity (Wildman–Crippen MR) is 76.5 cm³/mol. The average molecular weight is 297 g/mol. The van der Waals surface area contributed by atoms with Crippen LogP contribution in [0.1, 0.15) is 30.1 Å². The third-order valence-corrected chi connectivity index (χ3v) is 3.52. The predicted octanol–water partition coefficient (Wildman–Crippen LogP) is 1.99. The number of hydrogen-bond donors (Lipinski definition) is 2. The van der Waals surface area contributed by atoms with Gasteiger partial charge >= 0.3 is 5.97 Å². The first kappa shape index (κ1) is 14.7. The van der Waals surface area contributed by atoms with Crippen molar-refractivity contribution in [1.29, 1.82) is 0 Å². The number of amides is 1. The second kappa shape index (κ2) is 6.13. The molecule has 3 N–H and O–H groups in total. The molecule has 0 radical (unpaired) electrons. The summed E-state index contributed by atoms with van der Waals surface area (Å²) in [5, 5.41) is 3.24. The smallest absolute Gasteiger partial charge is 0.340 e. The number of carbonyl (C=O) groups excluding carboxylic acids is 2. The minimum atomic E-state index is -0.631. The van der Waals surface area contributed by atoms with Crippen molar-refractivity contribution in [3.63, 3.8) is 0 Å². The van der Waals surface area contributed by atoms with Gasteiger partial charge in [0.1, 0.15) is 0 Å². The summed E-state index contributed by atoms with van der Waals surface area (Å²) in [5.41, 5.74) is 6.11. The highest BCUT2D eigenvalue weighted by Crippen LogP contribution is 2.32. The second-order valence-electron chi connectivity index (χ2n) is 5.00. The van der Waals surface area contributed by atoms with E-state index in [-0.39, 0.29) is 29.8 Å². The van der Waals surface area contributed by atoms with Gasteiger partial charge in [-0.25, -0.2) is 4.79 Å². The highest BCUT2D eigenvalue weighted by Gasteiger charge is 2.29. The van der Waals surface area contributed by atoms with Crippen LogP contribution < -0.4 is 11.1 Å². The van der Waals surface area contributed by atoms with E-state index in [9.17, 15) is 9.59 Å². The number of nitrogen functional groups attached to an aromatic ring is 1. The Kier molecular flexibility index (Phi) is 4.49. The van der Waals surface area contributed by atoms with E-state index >= 15 is 0 Å². The van der Waals surface area contributed by atoms with Crippen molar-refractivity contribution in [2.24, 2.45) is 5.92 Å². The molecule has 6 heteroatoms. The van der Waals surface area contributed by atoms with E-state index in [4.69, 9.17) is 22.1 Å². The van der Waals surface area contributed by atoms with Crippen LogP contribution in [0.2, 0.25) is 5.02 Å². The molecule has 1 aromatic carbocycles. The molecule has 1 aromatic rings. The van der Waals surface area contributed by atoms with Gasteiger partial charge < -0.3 is 15.8 Å². The molecule has 108 valence electrons. The third-order valence-electron chi connectivity index (χ3n) is 3.29. The molecule has 0 unspecified atom stereocenters. The Morgan fingerprint density at radius 3 is 2.80 bits per heavy atom. The Morgan fingerprint density at radius 2 is 2.20 bits per heavy atom. The van der Waals surface area contributed by atoms with Crippen LogP contribution in [0.5, 0.6) is 0 Å². The fraction of sp³-hybridized carbons (Fsp3) is 0.429. The minimum Gasteiger partial charge on any atom is -0.452 e. The standard InChI is InChI=1S/C14H17ClN2O3/c1-8(9-2-3-9)17-13(18)7-20-14(19)11-5-4-10(15)6-12(11)16/h4-6,8-9H,2-3,7,16H2,1H3,(H,17,18)/t8-/m0/s1. The van der Waals surface area contributed by atoms with Gasteiger partial charge in [-0.15, -0.1) is 0 Å². The van der Waals surface area contributed by atoms with Crippen LogP contribution in [0.25, 0.3) is 0 Å². The van der Waals surface area contributed by atoms with Crippen LogP contribution in [-0.2, 0) is 9.53 Å². The first-order valence-electron chi connectivity index (χ1n) is 6.49. The zero-order chi connectivity index (χ0) is 14.7. The van der Waals surface area contributed by atoms with Crippen LogP contribution in [0.15, 0.2) is 18.2 Å². The minimum absolute atomic E-state index is 0.127. The third kappa shape index (κ3) is 3.87. The van der Waals surface area contributed by atoms with Gasteiger partial charge in [0.15, 0.2) is 6.61 Å². The van der Waals surface area contributed by atoms with Crippen molar-refractivity contribution in [2.45, 2.75) is 25.8 Å². The molecule has 1 aliphatic rings. The zero-order valence-corrected chi connectivity index (χ0v) is 11.9. The van der Waals surface area contributed by atoms with E-state index in [2.05, 4.69) is 5.32 Å². The lowest BCUT2D eigenvalue weighted by molar-refractivity contribution is -0.124. The number of benzene rings is 1. The molecule has 1 amide bonds. The Morgan fingerprint density at radius 1 is 1.50 bits per heavy atom. The molecule has 1 aliphatic carbocycles. The molecule has 5 nitrogen and oxygen atoms in total. The summed E-state index contributed by atoms with van der Waals surface area (Å²) < 4.78 is 4.94. The maximum Gasteiger partial charge on any atom is 0.340 e. The van der Waals surface area contributed by atoms with Crippen molar-refractivity contribution in [3.8, 4) is 0 Å². The van der Waals surface area contributed by atoms with Crippen molar-refractivity contribution in [1.82, 2.24) is 5.32 Å². The molecule has 0 saturated heterocycles. The fourth-order valence-electron chi connectivity index (χ4n) is 1.94. The monoisotopic (exact) mass is 296 g/mol. The van der Waals surface area contributed by atoms with Crippen molar-refractivity contribution in [3.05, 3.63) is 28.8 Å². The van der Waals surface area contributed by atoms with Crippen molar-refractivity contribution in [2.75, 3.05) is 12.3 Å². The van der Waals surface area contributed by atoms with Gasteiger partial charge in [0.25, 0.3) is 5.91 Å². The number of hydrogen-bond acceptors (Lipinski definition) is 4. The van der Waals surface area contributed by atoms with Crippen LogP contribution >= 0.6 is 11.6 Å². The van der Waals surface area contributed by atoms with E-state index in [1.165, 1.54) is 12.1 Å². The summed E-state index contributed by atoms with van der Waals surface area (Å²) in [6.45, 7) is 1.65. The molecule has 20 heavy (non-hydrogen) atoms. The Labute approximate surface area is 122 Å². The summed E-state index contributed by atoms with van der Waals surface area (Å²) in [6.07, 6.45) is 2.28. The van der Waals surface area contributed by atoms with E-state index in [0.717, 1.165) is 12.8 Å². The number of anilines is 1. The van der Waals surface area contributed by atoms with Crippen LogP contribution in [0, 0.1) is 5.92 Å². The highest BCUT2D eigenvalue weighted by molar-refractivity contribution is 6.31. The van der Waals surface area contributed by atoms with Gasteiger partial charge in [-0.3, -0.25) is 4.79 Å². The van der Waals surface area contributed by atoms with Gasteiger partial charge in [0.2, 0.25) is 0 Å². The molecule has 1 saturated carbocycles. The lowest BCUT2D eigenvalue weighted by atomic mass is 10.2. The van der Waals surface area contributed by atoms with E-state index in [1.807, 2.05) is 6.92 Å².